The Balaban J connectivity index is 0.000000175. The summed E-state index contributed by atoms with van der Waals surface area (Å²) in [5.74, 6) is 0. The molecule has 0 amide bonds. The van der Waals surface area contributed by atoms with Gasteiger partial charge in [-0.1, -0.05) is 48.5 Å². The molecular weight excluding hydrogens is 536 g/mol. The van der Waals surface area contributed by atoms with Gasteiger partial charge in [0.15, 0.2) is 0 Å². The van der Waals surface area contributed by atoms with Crippen LogP contribution in [0, 0.1) is 0 Å². The molecule has 4 nitrogen and oxygen atoms in total. The van der Waals surface area contributed by atoms with Crippen molar-refractivity contribution < 1.29 is 17.1 Å². The van der Waals surface area contributed by atoms with E-state index in [1.54, 1.807) is 0 Å². The third-order valence-corrected chi connectivity index (χ3v) is 6.75. The van der Waals surface area contributed by atoms with E-state index in [9.17, 15) is 0 Å². The second-order valence-corrected chi connectivity index (χ2v) is 9.40. The van der Waals surface area contributed by atoms with Gasteiger partial charge in [-0.05, 0) is 112 Å². The molecule has 8 rings (SSSR count). The number of hydrogen-bond donors (Lipinski definition) is 2. The summed E-state index contributed by atoms with van der Waals surface area (Å²) in [7, 11) is 0. The van der Waals surface area contributed by atoms with E-state index in [-0.39, 0.29) is 28.0 Å². The van der Waals surface area contributed by atoms with Crippen LogP contribution in [0.4, 0.5) is 0 Å². The van der Waals surface area contributed by atoms with Crippen molar-refractivity contribution in [3.05, 3.63) is 131 Å². The second-order valence-electron chi connectivity index (χ2n) is 9.40. The van der Waals surface area contributed by atoms with Gasteiger partial charge >= 0.3 is 0 Å². The minimum absolute atomic E-state index is 0. The summed E-state index contributed by atoms with van der Waals surface area (Å²) in [5, 5.41) is 0. The van der Waals surface area contributed by atoms with Gasteiger partial charge in [0.2, 0.25) is 0 Å². The van der Waals surface area contributed by atoms with Crippen molar-refractivity contribution in [2.75, 3.05) is 0 Å². The number of aromatic nitrogens is 4. The molecule has 2 N–H and O–H groups in total. The number of nitrogens with one attached hydrogen (secondary N) is 2. The number of fused-ring (bicyclic) bond motifs is 11. The maximum Gasteiger partial charge on any atom is 0.0658 e. The zero-order valence-corrected chi connectivity index (χ0v) is 21.6. The molecule has 3 aliphatic rings. The van der Waals surface area contributed by atoms with E-state index in [1.807, 2.05) is 48.6 Å². The standard InChI is InChI=1S/C20H14N4.C13H10.Fe.H4Si/c1-2-14-10-16-5-6-18(23-16)12-20-8-7-19(24-20)11-17-4-3-15(22-17)9-13(1)21-14;1-3-7-12-10(5-1)9-11-6-2-4-8-13(11)12;;/h1-12,21,24H;1-8H,9H2;;1H4. The number of benzene rings is 2. The SMILES string of the molecule is C1=Cc2cc3ccc(cc4nc(cc5ccc(cc1n2)[nH]5)C=C4)[nH]3.[Fe].[SiH4].c1ccc2c(c1)Cc1ccccc1-2. The van der Waals surface area contributed by atoms with E-state index in [2.05, 4.69) is 92.7 Å². The van der Waals surface area contributed by atoms with Gasteiger partial charge in [0.1, 0.15) is 0 Å². The molecule has 0 radical (unpaired) electrons. The summed E-state index contributed by atoms with van der Waals surface area (Å²) in [4.78, 5) is 16.0. The Morgan fingerprint density at radius 2 is 0.795 bits per heavy atom. The molecule has 5 heterocycles. The molecule has 0 atom stereocenters. The van der Waals surface area contributed by atoms with E-state index in [1.165, 1.54) is 22.3 Å². The van der Waals surface area contributed by atoms with Crippen LogP contribution < -0.4 is 0 Å². The predicted molar refractivity (Wildman–Crippen MR) is 165 cm³/mol. The van der Waals surface area contributed by atoms with Gasteiger partial charge < -0.3 is 9.97 Å². The molecule has 39 heavy (non-hydrogen) atoms. The first-order valence-corrected chi connectivity index (χ1v) is 12.5. The van der Waals surface area contributed by atoms with Crippen LogP contribution in [-0.4, -0.2) is 30.9 Å². The summed E-state index contributed by atoms with van der Waals surface area (Å²) in [6.07, 6.45) is 9.19. The first-order valence-electron chi connectivity index (χ1n) is 12.5. The number of aromatic amines is 2. The Morgan fingerprint density at radius 3 is 1.15 bits per heavy atom. The zero-order valence-electron chi connectivity index (χ0n) is 20.5. The van der Waals surface area contributed by atoms with Gasteiger partial charge in [-0.3, -0.25) is 0 Å². The molecule has 0 saturated heterocycles. The van der Waals surface area contributed by atoms with Crippen molar-refractivity contribution in [2.24, 2.45) is 0 Å². The molecule has 1 aliphatic carbocycles. The van der Waals surface area contributed by atoms with Crippen molar-refractivity contribution in [1.29, 1.82) is 0 Å². The summed E-state index contributed by atoms with van der Waals surface area (Å²) in [5.41, 5.74) is 13.6. The molecule has 5 aromatic rings. The molecule has 0 unspecified atom stereocenters. The summed E-state index contributed by atoms with van der Waals surface area (Å²) < 4.78 is 0. The number of H-pyrrole nitrogens is 2. The van der Waals surface area contributed by atoms with Gasteiger partial charge in [0.25, 0.3) is 0 Å². The maximum atomic E-state index is 4.63. The Labute approximate surface area is 242 Å². The topological polar surface area (TPSA) is 57.4 Å². The number of rotatable bonds is 0. The van der Waals surface area contributed by atoms with Crippen LogP contribution in [0.15, 0.2) is 97.1 Å². The quantitative estimate of drug-likeness (QED) is 0.208. The minimum Gasteiger partial charge on any atom is -0.355 e. The van der Waals surface area contributed by atoms with E-state index >= 15 is 0 Å². The smallest absolute Gasteiger partial charge is 0.0658 e. The first-order chi connectivity index (χ1) is 18.2. The molecule has 2 aliphatic heterocycles. The van der Waals surface area contributed by atoms with Crippen LogP contribution in [0.1, 0.15) is 33.9 Å². The molecular formula is C33H28FeN4Si. The van der Waals surface area contributed by atoms with Gasteiger partial charge in [-0.15, -0.1) is 0 Å². The van der Waals surface area contributed by atoms with E-state index in [0.717, 1.165) is 51.3 Å². The fourth-order valence-corrected chi connectivity index (χ4v) is 5.02. The molecule has 0 saturated carbocycles. The largest absolute Gasteiger partial charge is 0.355 e. The molecule has 0 fully saturated rings. The zero-order chi connectivity index (χ0) is 24.6. The third-order valence-electron chi connectivity index (χ3n) is 6.75. The molecule has 3 aromatic heterocycles. The third kappa shape index (κ3) is 5.64. The van der Waals surface area contributed by atoms with E-state index < -0.39 is 0 Å². The van der Waals surface area contributed by atoms with Crippen molar-refractivity contribution in [3.8, 4) is 11.1 Å². The maximum absolute atomic E-state index is 4.63. The van der Waals surface area contributed by atoms with Gasteiger partial charge in [-0.25, -0.2) is 9.97 Å². The van der Waals surface area contributed by atoms with Crippen molar-refractivity contribution in [2.45, 2.75) is 6.42 Å². The Bertz CT molecular complexity index is 1660. The Morgan fingerprint density at radius 1 is 0.462 bits per heavy atom. The van der Waals surface area contributed by atoms with Gasteiger partial charge in [-0.2, -0.15) is 0 Å². The fourth-order valence-electron chi connectivity index (χ4n) is 5.02. The van der Waals surface area contributed by atoms with Crippen molar-refractivity contribution >= 4 is 57.3 Å². The van der Waals surface area contributed by atoms with Gasteiger partial charge in [0.05, 0.1) is 22.8 Å². The van der Waals surface area contributed by atoms with Crippen LogP contribution in [-0.2, 0) is 23.5 Å². The van der Waals surface area contributed by atoms with E-state index in [0.29, 0.717) is 0 Å². The molecule has 2 aromatic carbocycles. The normalized spacial score (nSPS) is 11.9. The monoisotopic (exact) mass is 564 g/mol. The van der Waals surface area contributed by atoms with Crippen LogP contribution >= 0.6 is 0 Å². The minimum atomic E-state index is 0. The van der Waals surface area contributed by atoms with E-state index in [4.69, 9.17) is 0 Å². The van der Waals surface area contributed by atoms with Crippen LogP contribution in [0.2, 0.25) is 0 Å². The predicted octanol–water partition coefficient (Wildman–Crippen LogP) is 6.46. The number of nitrogens with zero attached hydrogens (tertiary/aromatic N) is 2. The molecule has 0 spiro atoms. The summed E-state index contributed by atoms with van der Waals surface area (Å²) in [6.45, 7) is 0. The number of hydrogen-bond acceptors (Lipinski definition) is 2. The fraction of sp³-hybridized carbons (Fsp3) is 0.0303. The van der Waals surface area contributed by atoms with Crippen LogP contribution in [0.25, 0.3) is 57.5 Å². The average molecular weight is 565 g/mol. The Hall–Kier alpha value is -4.22. The molecule has 6 heteroatoms. The molecule has 8 bridgehead atoms. The van der Waals surface area contributed by atoms with Crippen LogP contribution in [0.3, 0.4) is 0 Å². The van der Waals surface area contributed by atoms with Crippen molar-refractivity contribution in [3.63, 3.8) is 0 Å². The second kappa shape index (κ2) is 11.3. The van der Waals surface area contributed by atoms with Gasteiger partial charge in [0, 0.05) is 39.1 Å². The first kappa shape index (κ1) is 26.4. The summed E-state index contributed by atoms with van der Waals surface area (Å²) in [6, 6.07) is 33.7. The average Bonchev–Trinajstić information content (AvgIpc) is 3.73. The molecule has 192 valence electrons. The summed E-state index contributed by atoms with van der Waals surface area (Å²) >= 11 is 0. The Kier molecular flexibility index (Phi) is 7.62. The van der Waals surface area contributed by atoms with Crippen molar-refractivity contribution in [1.82, 2.24) is 19.9 Å². The van der Waals surface area contributed by atoms with Crippen LogP contribution in [0.5, 0.6) is 0 Å².